The van der Waals surface area contributed by atoms with Crippen molar-refractivity contribution in [1.29, 1.82) is 0 Å². The number of nitrogens with two attached hydrogens (primary N) is 1. The summed E-state index contributed by atoms with van der Waals surface area (Å²) in [6, 6.07) is 6.12. The molecule has 60 valence electrons. The molecule has 1 atom stereocenters. The summed E-state index contributed by atoms with van der Waals surface area (Å²) in [6.07, 6.45) is 0. The number of hydrogen-bond acceptors (Lipinski definition) is 4. The smallest absolute Gasteiger partial charge is 0.0485 e. The van der Waals surface area contributed by atoms with E-state index in [1.165, 1.54) is 12.1 Å². The van der Waals surface area contributed by atoms with Crippen LogP contribution < -0.4 is 11.3 Å². The van der Waals surface area contributed by atoms with Gasteiger partial charge in [-0.05, 0) is 35.3 Å². The lowest BCUT2D eigenvalue weighted by molar-refractivity contribution is 0.537. The van der Waals surface area contributed by atoms with Crippen LogP contribution in [0.4, 0.5) is 5.69 Å². The lowest BCUT2D eigenvalue weighted by Gasteiger charge is -2.05. The molecule has 0 bridgehead atoms. The summed E-state index contributed by atoms with van der Waals surface area (Å²) < 4.78 is 20.7. The van der Waals surface area contributed by atoms with E-state index in [0.717, 1.165) is 0 Å². The number of benzene rings is 1. The Labute approximate surface area is 66.7 Å². The number of anilines is 1. The van der Waals surface area contributed by atoms with Crippen LogP contribution in [-0.4, -0.2) is 8.76 Å². The fraction of sp³-hybridized carbons (Fsp3) is 0. The second-order valence-electron chi connectivity index (χ2n) is 1.90. The van der Waals surface area contributed by atoms with E-state index >= 15 is 0 Å². The number of nitrogen functional groups attached to an aromatic ring is 1. The van der Waals surface area contributed by atoms with Gasteiger partial charge in [-0.15, -0.1) is 0 Å². The van der Waals surface area contributed by atoms with Crippen molar-refractivity contribution in [2.75, 3.05) is 5.43 Å². The van der Waals surface area contributed by atoms with Crippen LogP contribution in [0.5, 0.6) is 0 Å². The van der Waals surface area contributed by atoms with Gasteiger partial charge in [-0.2, -0.15) is 0 Å². The highest BCUT2D eigenvalue weighted by atomic mass is 32.2. The van der Waals surface area contributed by atoms with Crippen LogP contribution in [0.2, 0.25) is 0 Å². The van der Waals surface area contributed by atoms with Crippen LogP contribution in [0.3, 0.4) is 0 Å². The fourth-order valence-corrected chi connectivity index (χ4v) is 1.02. The molecule has 1 unspecified atom stereocenters. The zero-order chi connectivity index (χ0) is 8.27. The molecule has 1 rings (SSSR count). The lowest BCUT2D eigenvalue weighted by atomic mass is 10.3. The SMILES string of the molecule is NNc1ccc(S(=O)[O-])cc1. The van der Waals surface area contributed by atoms with E-state index in [2.05, 4.69) is 5.43 Å². The standard InChI is InChI=1S/C6H8N2O2S/c7-8-5-1-3-6(4-2-5)11(9)10/h1-4,8H,7H2,(H,9,10)/p-1. The van der Waals surface area contributed by atoms with Crippen LogP contribution in [0.15, 0.2) is 29.2 Å². The lowest BCUT2D eigenvalue weighted by Crippen LogP contribution is -2.06. The Morgan fingerprint density at radius 3 is 2.27 bits per heavy atom. The minimum atomic E-state index is -2.16. The number of rotatable bonds is 2. The van der Waals surface area contributed by atoms with Crippen molar-refractivity contribution in [2.24, 2.45) is 5.84 Å². The molecule has 11 heavy (non-hydrogen) atoms. The third kappa shape index (κ3) is 2.01. The summed E-state index contributed by atoms with van der Waals surface area (Å²) in [4.78, 5) is 0.254. The van der Waals surface area contributed by atoms with E-state index in [-0.39, 0.29) is 4.90 Å². The molecule has 3 N–H and O–H groups in total. The van der Waals surface area contributed by atoms with Crippen molar-refractivity contribution in [3.8, 4) is 0 Å². The first kappa shape index (κ1) is 8.19. The average Bonchev–Trinajstić information content (AvgIpc) is 2.05. The topological polar surface area (TPSA) is 78.2 Å². The molecule has 1 aromatic rings. The second kappa shape index (κ2) is 3.47. The van der Waals surface area contributed by atoms with Gasteiger partial charge in [0.1, 0.15) is 0 Å². The summed E-state index contributed by atoms with van der Waals surface area (Å²) in [5.41, 5.74) is 3.07. The molecule has 0 aliphatic heterocycles. The molecule has 0 amide bonds. The van der Waals surface area contributed by atoms with Crippen molar-refractivity contribution >= 4 is 16.8 Å². The molecule has 4 nitrogen and oxygen atoms in total. The first-order chi connectivity index (χ1) is 5.24. The zero-order valence-electron chi connectivity index (χ0n) is 5.61. The molecule has 0 aromatic heterocycles. The Balaban J connectivity index is 2.91. The van der Waals surface area contributed by atoms with Gasteiger partial charge < -0.3 is 9.98 Å². The van der Waals surface area contributed by atoms with E-state index in [4.69, 9.17) is 5.84 Å². The van der Waals surface area contributed by atoms with Crippen LogP contribution in [0, 0.1) is 0 Å². The van der Waals surface area contributed by atoms with Gasteiger partial charge in [-0.3, -0.25) is 10.1 Å². The van der Waals surface area contributed by atoms with Crippen molar-refractivity contribution < 1.29 is 8.76 Å². The molecule has 0 radical (unpaired) electrons. The van der Waals surface area contributed by atoms with Gasteiger partial charge in [-0.25, -0.2) is 0 Å². The normalized spacial score (nSPS) is 12.5. The quantitative estimate of drug-likeness (QED) is 0.379. The van der Waals surface area contributed by atoms with Crippen molar-refractivity contribution in [3.05, 3.63) is 24.3 Å². The van der Waals surface area contributed by atoms with E-state index in [0.29, 0.717) is 5.69 Å². The van der Waals surface area contributed by atoms with Gasteiger partial charge in [0.2, 0.25) is 0 Å². The highest BCUT2D eigenvalue weighted by molar-refractivity contribution is 7.79. The van der Waals surface area contributed by atoms with E-state index in [1.54, 1.807) is 12.1 Å². The number of hydrazine groups is 1. The third-order valence-electron chi connectivity index (χ3n) is 1.21. The summed E-state index contributed by atoms with van der Waals surface area (Å²) in [5, 5.41) is 0. The Morgan fingerprint density at radius 2 is 1.91 bits per heavy atom. The van der Waals surface area contributed by atoms with Gasteiger partial charge in [-0.1, -0.05) is 0 Å². The van der Waals surface area contributed by atoms with Crippen LogP contribution >= 0.6 is 0 Å². The highest BCUT2D eigenvalue weighted by Gasteiger charge is 1.90. The largest absolute Gasteiger partial charge is 0.768 e. The third-order valence-corrected chi connectivity index (χ3v) is 1.87. The van der Waals surface area contributed by atoms with Crippen LogP contribution in [0.25, 0.3) is 0 Å². The van der Waals surface area contributed by atoms with Gasteiger partial charge in [0.25, 0.3) is 0 Å². The summed E-state index contributed by atoms with van der Waals surface area (Å²) in [7, 11) is 0. The molecule has 1 aromatic carbocycles. The predicted octanol–water partition coefficient (Wildman–Crippen LogP) is 0.210. The molecule has 0 spiro atoms. The monoisotopic (exact) mass is 171 g/mol. The van der Waals surface area contributed by atoms with Crippen LogP contribution in [0.1, 0.15) is 0 Å². The number of hydrogen-bond donors (Lipinski definition) is 2. The summed E-state index contributed by atoms with van der Waals surface area (Å²) in [6.45, 7) is 0. The van der Waals surface area contributed by atoms with Crippen LogP contribution in [-0.2, 0) is 11.1 Å². The maximum Gasteiger partial charge on any atom is 0.0485 e. The maximum absolute atomic E-state index is 10.3. The van der Waals surface area contributed by atoms with Gasteiger partial charge in [0.15, 0.2) is 0 Å². The Morgan fingerprint density at radius 1 is 1.36 bits per heavy atom. The molecule has 0 aliphatic rings. The molecule has 0 heterocycles. The van der Waals surface area contributed by atoms with Gasteiger partial charge in [0, 0.05) is 10.6 Å². The van der Waals surface area contributed by atoms with Gasteiger partial charge >= 0.3 is 0 Å². The van der Waals surface area contributed by atoms with Crippen molar-refractivity contribution in [2.45, 2.75) is 4.90 Å². The average molecular weight is 171 g/mol. The molecule has 0 saturated carbocycles. The number of nitrogens with one attached hydrogen (secondary N) is 1. The van der Waals surface area contributed by atoms with E-state index < -0.39 is 11.1 Å². The molecule has 0 fully saturated rings. The molecular weight excluding hydrogens is 164 g/mol. The Hall–Kier alpha value is -0.910. The second-order valence-corrected chi connectivity index (χ2v) is 2.84. The minimum absolute atomic E-state index is 0.254. The molecule has 0 aliphatic carbocycles. The maximum atomic E-state index is 10.3. The van der Waals surface area contributed by atoms with E-state index in [9.17, 15) is 8.76 Å². The first-order valence-electron chi connectivity index (χ1n) is 2.90. The first-order valence-corrected chi connectivity index (χ1v) is 3.97. The summed E-state index contributed by atoms with van der Waals surface area (Å²) >= 11 is -2.16. The predicted molar refractivity (Wildman–Crippen MR) is 41.4 cm³/mol. The van der Waals surface area contributed by atoms with Crippen molar-refractivity contribution in [3.63, 3.8) is 0 Å². The fourth-order valence-electron chi connectivity index (χ4n) is 0.662. The minimum Gasteiger partial charge on any atom is -0.768 e. The van der Waals surface area contributed by atoms with E-state index in [1.807, 2.05) is 0 Å². The summed E-state index contributed by atoms with van der Waals surface area (Å²) in [5.74, 6) is 5.07. The molecule has 5 heteroatoms. The molecular formula is C6H7N2O2S-. The Bertz CT molecular complexity index is 260. The van der Waals surface area contributed by atoms with Crippen molar-refractivity contribution in [1.82, 2.24) is 0 Å². The van der Waals surface area contributed by atoms with Gasteiger partial charge in [0.05, 0.1) is 0 Å². The zero-order valence-corrected chi connectivity index (χ0v) is 6.43. The Kier molecular flexibility index (Phi) is 2.58. The highest BCUT2D eigenvalue weighted by Crippen LogP contribution is 2.09. The molecule has 0 saturated heterocycles.